The van der Waals surface area contributed by atoms with Gasteiger partial charge in [0, 0.05) is 30.1 Å². The number of benzene rings is 1. The molecule has 0 aliphatic heterocycles. The van der Waals surface area contributed by atoms with Gasteiger partial charge in [-0.3, -0.25) is 9.78 Å². The van der Waals surface area contributed by atoms with Crippen molar-refractivity contribution in [3.8, 4) is 17.1 Å². The van der Waals surface area contributed by atoms with Crippen LogP contribution in [0.25, 0.3) is 17.0 Å². The third-order valence-electron chi connectivity index (χ3n) is 4.66. The minimum Gasteiger partial charge on any atom is -0.496 e. The van der Waals surface area contributed by atoms with E-state index in [1.165, 1.54) is 0 Å². The Kier molecular flexibility index (Phi) is 5.20. The summed E-state index contributed by atoms with van der Waals surface area (Å²) in [6.45, 7) is 2.38. The molecule has 4 aromatic rings. The van der Waals surface area contributed by atoms with E-state index in [2.05, 4.69) is 20.4 Å². The fourth-order valence-electron chi connectivity index (χ4n) is 3.16. The van der Waals surface area contributed by atoms with Crippen LogP contribution in [0.2, 0.25) is 0 Å². The van der Waals surface area contributed by atoms with E-state index in [4.69, 9.17) is 4.74 Å². The van der Waals surface area contributed by atoms with E-state index in [0.29, 0.717) is 17.9 Å². The number of nitrogens with one attached hydrogen (secondary N) is 1. The summed E-state index contributed by atoms with van der Waals surface area (Å²) in [5.41, 5.74) is 4.27. The highest BCUT2D eigenvalue weighted by atomic mass is 16.5. The maximum atomic E-state index is 12.7. The van der Waals surface area contributed by atoms with Crippen molar-refractivity contribution in [1.29, 1.82) is 0 Å². The number of rotatable bonds is 6. The van der Waals surface area contributed by atoms with Crippen molar-refractivity contribution in [2.45, 2.75) is 19.9 Å². The first-order chi connectivity index (χ1) is 14.2. The molecule has 7 nitrogen and oxygen atoms in total. The minimum absolute atomic E-state index is 0.242. The fourth-order valence-corrected chi connectivity index (χ4v) is 3.16. The Bertz CT molecular complexity index is 1150. The molecule has 0 radical (unpaired) electrons. The average molecular weight is 387 g/mol. The van der Waals surface area contributed by atoms with Gasteiger partial charge in [0.15, 0.2) is 5.65 Å². The smallest absolute Gasteiger partial charge is 0.270 e. The maximum absolute atomic E-state index is 12.7. The molecule has 3 heterocycles. The molecule has 1 aromatic carbocycles. The summed E-state index contributed by atoms with van der Waals surface area (Å²) in [6.07, 6.45) is 2.44. The number of nitrogens with zero attached hydrogens (tertiary/aromatic N) is 4. The Morgan fingerprint density at radius 1 is 1.10 bits per heavy atom. The van der Waals surface area contributed by atoms with E-state index >= 15 is 0 Å². The predicted octanol–water partition coefficient (Wildman–Crippen LogP) is 3.29. The van der Waals surface area contributed by atoms with Crippen molar-refractivity contribution in [2.24, 2.45) is 0 Å². The Labute approximate surface area is 168 Å². The van der Waals surface area contributed by atoms with Crippen LogP contribution in [0.1, 0.15) is 28.7 Å². The van der Waals surface area contributed by atoms with Gasteiger partial charge in [0.05, 0.1) is 12.8 Å². The van der Waals surface area contributed by atoms with Crippen LogP contribution in [-0.2, 0) is 13.0 Å². The van der Waals surface area contributed by atoms with E-state index < -0.39 is 0 Å². The largest absolute Gasteiger partial charge is 0.496 e. The van der Waals surface area contributed by atoms with Crippen LogP contribution in [0, 0.1) is 0 Å². The first-order valence-corrected chi connectivity index (χ1v) is 9.40. The van der Waals surface area contributed by atoms with Crippen LogP contribution >= 0.6 is 0 Å². The van der Waals surface area contributed by atoms with E-state index in [-0.39, 0.29) is 5.91 Å². The summed E-state index contributed by atoms with van der Waals surface area (Å²) in [5, 5.41) is 7.53. The Hall–Kier alpha value is -3.74. The summed E-state index contributed by atoms with van der Waals surface area (Å²) in [7, 11) is 1.61. The van der Waals surface area contributed by atoms with Crippen molar-refractivity contribution in [2.75, 3.05) is 7.11 Å². The Morgan fingerprint density at radius 2 is 1.93 bits per heavy atom. The average Bonchev–Trinajstić information content (AvgIpc) is 3.22. The highest BCUT2D eigenvalue weighted by Gasteiger charge is 2.15. The van der Waals surface area contributed by atoms with Crippen LogP contribution in [0.3, 0.4) is 0 Å². The van der Waals surface area contributed by atoms with E-state index in [1.807, 2.05) is 55.5 Å². The molecule has 0 saturated heterocycles. The standard InChI is InChI=1S/C22H21N5O2/c1-3-16-12-19(22(28)24-14-15-8-4-5-10-20(15)29-2)25-21-13-18(26-27(16)21)17-9-6-7-11-23-17/h4-13H,3,14H2,1-2H3,(H,24,28). The maximum Gasteiger partial charge on any atom is 0.270 e. The number of hydrogen-bond acceptors (Lipinski definition) is 5. The molecule has 0 fully saturated rings. The first kappa shape index (κ1) is 18.6. The fraction of sp³-hybridized carbons (Fsp3) is 0.182. The molecule has 4 rings (SSSR count). The number of carbonyl (C=O) groups excluding carboxylic acids is 1. The van der Waals surface area contributed by atoms with Crippen molar-refractivity contribution in [3.63, 3.8) is 0 Å². The number of amides is 1. The van der Waals surface area contributed by atoms with E-state index in [1.54, 1.807) is 23.9 Å². The molecular weight excluding hydrogens is 366 g/mol. The lowest BCUT2D eigenvalue weighted by molar-refractivity contribution is 0.0945. The topological polar surface area (TPSA) is 81.4 Å². The normalized spacial score (nSPS) is 10.8. The van der Waals surface area contributed by atoms with Gasteiger partial charge in [-0.15, -0.1) is 0 Å². The second kappa shape index (κ2) is 8.10. The van der Waals surface area contributed by atoms with Crippen LogP contribution < -0.4 is 10.1 Å². The van der Waals surface area contributed by atoms with Gasteiger partial charge in [-0.25, -0.2) is 9.50 Å². The summed E-state index contributed by atoms with van der Waals surface area (Å²) < 4.78 is 7.10. The van der Waals surface area contributed by atoms with Gasteiger partial charge >= 0.3 is 0 Å². The zero-order valence-electron chi connectivity index (χ0n) is 16.3. The number of aryl methyl sites for hydroxylation is 1. The summed E-state index contributed by atoms with van der Waals surface area (Å²) in [5.74, 6) is 0.495. The Morgan fingerprint density at radius 3 is 2.69 bits per heavy atom. The summed E-state index contributed by atoms with van der Waals surface area (Å²) in [6, 6.07) is 16.9. The zero-order chi connectivity index (χ0) is 20.2. The van der Waals surface area contributed by atoms with Crippen LogP contribution in [-0.4, -0.2) is 32.6 Å². The molecule has 1 amide bonds. The quantitative estimate of drug-likeness (QED) is 0.549. The molecule has 1 N–H and O–H groups in total. The minimum atomic E-state index is -0.242. The highest BCUT2D eigenvalue weighted by Crippen LogP contribution is 2.19. The number of aromatic nitrogens is 4. The molecule has 0 bridgehead atoms. The van der Waals surface area contributed by atoms with Crippen molar-refractivity contribution < 1.29 is 9.53 Å². The van der Waals surface area contributed by atoms with Crippen LogP contribution in [0.15, 0.2) is 60.8 Å². The lowest BCUT2D eigenvalue weighted by Gasteiger charge is -2.10. The molecule has 7 heteroatoms. The van der Waals surface area contributed by atoms with Gasteiger partial charge in [-0.2, -0.15) is 5.10 Å². The third kappa shape index (κ3) is 3.80. The molecule has 3 aromatic heterocycles. The van der Waals surface area contributed by atoms with Crippen LogP contribution in [0.4, 0.5) is 0 Å². The van der Waals surface area contributed by atoms with Gasteiger partial charge in [0.1, 0.15) is 17.1 Å². The number of fused-ring (bicyclic) bond motifs is 1. The lowest BCUT2D eigenvalue weighted by atomic mass is 10.2. The molecule has 0 atom stereocenters. The monoisotopic (exact) mass is 387 g/mol. The number of pyridine rings is 1. The number of ether oxygens (including phenoxy) is 1. The summed E-state index contributed by atoms with van der Waals surface area (Å²) in [4.78, 5) is 21.6. The molecule has 29 heavy (non-hydrogen) atoms. The molecular formula is C22H21N5O2. The molecule has 0 saturated carbocycles. The Balaban J connectivity index is 1.62. The lowest BCUT2D eigenvalue weighted by Crippen LogP contribution is -2.24. The molecule has 0 unspecified atom stereocenters. The molecule has 0 aliphatic carbocycles. The van der Waals surface area contributed by atoms with Crippen molar-refractivity contribution >= 4 is 11.6 Å². The summed E-state index contributed by atoms with van der Waals surface area (Å²) >= 11 is 0. The van der Waals surface area contributed by atoms with Gasteiger partial charge in [0.2, 0.25) is 0 Å². The van der Waals surface area contributed by atoms with Crippen LogP contribution in [0.5, 0.6) is 5.75 Å². The molecule has 146 valence electrons. The highest BCUT2D eigenvalue weighted by molar-refractivity contribution is 5.93. The molecule has 0 spiro atoms. The van der Waals surface area contributed by atoms with Gasteiger partial charge < -0.3 is 10.1 Å². The van der Waals surface area contributed by atoms with Crippen molar-refractivity contribution in [3.05, 3.63) is 77.7 Å². The zero-order valence-corrected chi connectivity index (χ0v) is 16.3. The number of carbonyl (C=O) groups is 1. The number of methoxy groups -OCH3 is 1. The second-order valence-electron chi connectivity index (χ2n) is 6.50. The SMILES string of the molecule is CCc1cc(C(=O)NCc2ccccc2OC)nc2cc(-c3ccccn3)nn12. The van der Waals surface area contributed by atoms with E-state index in [9.17, 15) is 4.79 Å². The van der Waals surface area contributed by atoms with Gasteiger partial charge in [-0.1, -0.05) is 31.2 Å². The second-order valence-corrected chi connectivity index (χ2v) is 6.50. The predicted molar refractivity (Wildman–Crippen MR) is 110 cm³/mol. The number of hydrogen-bond donors (Lipinski definition) is 1. The van der Waals surface area contributed by atoms with E-state index in [0.717, 1.165) is 34.8 Å². The third-order valence-corrected chi connectivity index (χ3v) is 4.66. The molecule has 0 aliphatic rings. The van der Waals surface area contributed by atoms with Gasteiger partial charge in [0.25, 0.3) is 5.91 Å². The van der Waals surface area contributed by atoms with Gasteiger partial charge in [-0.05, 0) is 30.7 Å². The van der Waals surface area contributed by atoms with Crippen molar-refractivity contribution in [1.82, 2.24) is 24.9 Å². The first-order valence-electron chi connectivity index (χ1n) is 9.40. The number of para-hydroxylation sites is 1.